The molecule has 0 fully saturated rings. The van der Waals surface area contributed by atoms with Crippen molar-refractivity contribution in [3.05, 3.63) is 273 Å². The van der Waals surface area contributed by atoms with E-state index in [0.29, 0.717) is 0 Å². The van der Waals surface area contributed by atoms with Crippen molar-refractivity contribution in [3.63, 3.8) is 0 Å². The first kappa shape index (κ1) is 43.9. The van der Waals surface area contributed by atoms with Gasteiger partial charge in [0.15, 0.2) is 0 Å². The van der Waals surface area contributed by atoms with E-state index in [1.807, 2.05) is 0 Å². The Balaban J connectivity index is 0.000000146. The molecule has 9 aromatic rings. The molecule has 0 heterocycles. The fourth-order valence-electron chi connectivity index (χ4n) is 6.94. The molecule has 0 bridgehead atoms. The molecule has 0 saturated carbocycles. The Morgan fingerprint density at radius 1 is 0.169 bits per heavy atom. The van der Waals surface area contributed by atoms with Crippen molar-refractivity contribution < 1.29 is 20.0 Å². The van der Waals surface area contributed by atoms with E-state index in [4.69, 9.17) is 0 Å². The van der Waals surface area contributed by atoms with Gasteiger partial charge in [0, 0.05) is 0 Å². The molecule has 0 atom stereocenters. The Kier molecular flexibility index (Phi) is 18.6. The summed E-state index contributed by atoms with van der Waals surface area (Å²) in [7, 11) is 1.95. The first-order valence-electron chi connectivity index (χ1n) is 19.6. The molecule has 9 rings (SSSR count). The number of rotatable bonds is 9. The number of halogens is 1. The maximum atomic E-state index is 4.58. The Labute approximate surface area is 371 Å². The van der Waals surface area contributed by atoms with E-state index in [1.54, 1.807) is 20.0 Å². The van der Waals surface area contributed by atoms with Crippen LogP contribution in [0.2, 0.25) is 0 Å². The van der Waals surface area contributed by atoms with Crippen molar-refractivity contribution >= 4 is 80.7 Å². The maximum absolute atomic E-state index is 4.58. The summed E-state index contributed by atoms with van der Waals surface area (Å²) in [6.07, 6.45) is 0. The zero-order chi connectivity index (χ0) is 40.7. The van der Waals surface area contributed by atoms with Crippen LogP contribution in [0.1, 0.15) is 0 Å². The first-order valence-corrected chi connectivity index (χ1v) is 26.7. The van der Waals surface area contributed by atoms with Crippen LogP contribution in [0, 0.1) is 0 Å². The third kappa shape index (κ3) is 13.1. The maximum Gasteiger partial charge on any atom is 0.102 e. The quantitative estimate of drug-likeness (QED) is 0.0999. The van der Waals surface area contributed by atoms with Crippen molar-refractivity contribution in [3.8, 4) is 0 Å². The van der Waals surface area contributed by atoms with E-state index in [9.17, 15) is 0 Å². The fourth-order valence-corrected chi connectivity index (χ4v) is 14.7. The summed E-state index contributed by atoms with van der Waals surface area (Å²) in [5.74, 6) is 0. The fraction of sp³-hybridized carbons (Fsp3) is 0. The molecule has 0 spiro atoms. The zero-order valence-corrected chi connectivity index (χ0v) is 38.6. The average molecular weight is 1020 g/mol. The van der Waals surface area contributed by atoms with Crippen LogP contribution in [-0.2, 0) is 20.0 Å². The third-order valence-electron chi connectivity index (χ3n) is 9.56. The number of hydrogen-bond acceptors (Lipinski definition) is 0. The normalized spacial score (nSPS) is 10.3. The predicted molar refractivity (Wildman–Crippen MR) is 265 cm³/mol. The zero-order valence-electron chi connectivity index (χ0n) is 32.7. The van der Waals surface area contributed by atoms with Gasteiger partial charge < -0.3 is 0 Å². The summed E-state index contributed by atoms with van der Waals surface area (Å²) in [5, 5.41) is 12.9. The Bertz CT molecular complexity index is 1870. The van der Waals surface area contributed by atoms with Crippen molar-refractivity contribution in [2.75, 3.05) is 0 Å². The van der Waals surface area contributed by atoms with Gasteiger partial charge in [-0.2, -0.15) is 0 Å². The largest absolute Gasteiger partial charge is 0.102 e. The number of hydrogen-bond donors (Lipinski definition) is 0. The summed E-state index contributed by atoms with van der Waals surface area (Å²) >= 11 is 1.75. The van der Waals surface area contributed by atoms with Crippen molar-refractivity contribution in [2.45, 2.75) is 0 Å². The molecular formula is C54H48AuClP3+3. The van der Waals surface area contributed by atoms with Gasteiger partial charge in [0.1, 0.15) is 47.7 Å². The Morgan fingerprint density at radius 2 is 0.254 bits per heavy atom. The van der Waals surface area contributed by atoms with Crippen LogP contribution in [0.15, 0.2) is 273 Å². The summed E-state index contributed by atoms with van der Waals surface area (Å²) in [5.41, 5.74) is 0. The average Bonchev–Trinajstić information content (AvgIpc) is 3.34. The summed E-state index contributed by atoms with van der Waals surface area (Å²) < 4.78 is 0. The molecule has 0 radical (unpaired) electrons. The molecule has 0 nitrogen and oxygen atoms in total. The SMILES string of the molecule is [Cl][Au].c1ccc([PH+](c2ccccc2)c2ccccc2)cc1.c1ccc([PH+](c2ccccc2)c2ccccc2)cc1.c1ccc([PH+](c2ccccc2)c2ccccc2)cc1. The van der Waals surface area contributed by atoms with Crippen LogP contribution in [0.25, 0.3) is 0 Å². The number of benzene rings is 9. The smallest absolute Gasteiger partial charge is 0.0620 e. The Hall–Kier alpha value is -4.70. The van der Waals surface area contributed by atoms with Gasteiger partial charge in [-0.05, 0) is 109 Å². The van der Waals surface area contributed by atoms with Crippen LogP contribution in [-0.4, -0.2) is 0 Å². The minimum Gasteiger partial charge on any atom is -0.0620 e. The van der Waals surface area contributed by atoms with Crippen LogP contribution in [0.5, 0.6) is 0 Å². The monoisotopic (exact) mass is 1020 g/mol. The van der Waals surface area contributed by atoms with E-state index >= 15 is 0 Å². The molecule has 0 aromatic heterocycles. The summed E-state index contributed by atoms with van der Waals surface area (Å²) in [4.78, 5) is 0. The van der Waals surface area contributed by atoms with Gasteiger partial charge in [0.05, 0.1) is 23.8 Å². The van der Waals surface area contributed by atoms with E-state index in [2.05, 4.69) is 282 Å². The van der Waals surface area contributed by atoms with Crippen LogP contribution in [0.3, 0.4) is 0 Å². The predicted octanol–water partition coefficient (Wildman–Crippen LogP) is 10.2. The van der Waals surface area contributed by atoms with Gasteiger partial charge in [-0.3, -0.25) is 0 Å². The van der Waals surface area contributed by atoms with Gasteiger partial charge in [-0.25, -0.2) is 0 Å². The van der Waals surface area contributed by atoms with Crippen LogP contribution in [0.4, 0.5) is 0 Å². The molecule has 0 saturated heterocycles. The summed E-state index contributed by atoms with van der Waals surface area (Å²) in [6.45, 7) is 0. The van der Waals surface area contributed by atoms with E-state index in [-0.39, 0.29) is 0 Å². The second-order valence-electron chi connectivity index (χ2n) is 13.4. The Morgan fingerprint density at radius 3 is 0.339 bits per heavy atom. The second kappa shape index (κ2) is 25.0. The third-order valence-corrected chi connectivity index (χ3v) is 17.8. The molecular weight excluding hydrogens is 974 g/mol. The van der Waals surface area contributed by atoms with Crippen molar-refractivity contribution in [2.24, 2.45) is 0 Å². The molecule has 0 aliphatic heterocycles. The molecule has 0 unspecified atom stereocenters. The standard InChI is InChI=1S/3C18H15P.Au.ClH/c3*1-4-10-16(11-5-1)19(17-12-6-2-7-13-17)18-14-8-3-9-15-18;;/h3*1-15H;;1H/q;;;+1;/p+2. The minimum absolute atomic E-state index is 0.877. The van der Waals surface area contributed by atoms with Gasteiger partial charge in [0.25, 0.3) is 0 Å². The van der Waals surface area contributed by atoms with Crippen LogP contribution >= 0.6 is 33.0 Å². The van der Waals surface area contributed by atoms with Gasteiger partial charge >= 0.3 is 29.2 Å². The van der Waals surface area contributed by atoms with Crippen molar-refractivity contribution in [1.82, 2.24) is 0 Å². The van der Waals surface area contributed by atoms with Gasteiger partial charge in [0.2, 0.25) is 0 Å². The first-order chi connectivity index (χ1) is 29.3. The van der Waals surface area contributed by atoms with Gasteiger partial charge in [-0.15, -0.1) is 0 Å². The molecule has 0 aliphatic rings. The van der Waals surface area contributed by atoms with Crippen molar-refractivity contribution in [1.29, 1.82) is 0 Å². The molecule has 0 amide bonds. The topological polar surface area (TPSA) is 0 Å². The second-order valence-corrected chi connectivity index (χ2v) is 20.9. The molecule has 294 valence electrons. The minimum atomic E-state index is -0.877. The van der Waals surface area contributed by atoms with E-state index < -0.39 is 23.8 Å². The molecule has 0 aliphatic carbocycles. The van der Waals surface area contributed by atoms with Crippen LogP contribution < -0.4 is 47.7 Å². The van der Waals surface area contributed by atoms with E-state index in [0.717, 1.165) is 0 Å². The molecule has 59 heavy (non-hydrogen) atoms. The van der Waals surface area contributed by atoms with E-state index in [1.165, 1.54) is 47.7 Å². The molecule has 5 heteroatoms. The molecule has 9 aromatic carbocycles. The summed E-state index contributed by atoms with van der Waals surface area (Å²) in [6, 6.07) is 97.5. The molecule has 0 N–H and O–H groups in total. The van der Waals surface area contributed by atoms with Gasteiger partial charge in [-0.1, -0.05) is 164 Å².